The molecule has 7 heteroatoms. The van der Waals surface area contributed by atoms with E-state index in [4.69, 9.17) is 0 Å². The van der Waals surface area contributed by atoms with E-state index >= 15 is 0 Å². The van der Waals surface area contributed by atoms with Crippen LogP contribution in [0.5, 0.6) is 0 Å². The first kappa shape index (κ1) is 20.8. The number of hydrogen-bond acceptors (Lipinski definition) is 3. The fraction of sp³-hybridized carbons (Fsp3) is 0.0455. The zero-order valence-corrected chi connectivity index (χ0v) is 18.0. The minimum atomic E-state index is -3.66. The van der Waals surface area contributed by atoms with E-state index in [9.17, 15) is 13.2 Å². The predicted molar refractivity (Wildman–Crippen MR) is 120 cm³/mol. The van der Waals surface area contributed by atoms with Gasteiger partial charge < -0.3 is 5.32 Å². The maximum atomic E-state index is 12.4. The third-order valence-corrected chi connectivity index (χ3v) is 5.96. The maximum absolute atomic E-state index is 12.4. The van der Waals surface area contributed by atoms with Crippen molar-refractivity contribution in [2.75, 3.05) is 10.0 Å². The van der Waals surface area contributed by atoms with Gasteiger partial charge in [0.1, 0.15) is 0 Å². The van der Waals surface area contributed by atoms with Gasteiger partial charge in [-0.25, -0.2) is 8.42 Å². The zero-order valence-electron chi connectivity index (χ0n) is 15.6. The number of benzene rings is 3. The predicted octanol–water partition coefficient (Wildman–Crippen LogP) is 5.21. The standard InChI is InChI=1S/C22H19BrN2O3S/c1-16-2-13-21(14-3-16)29(27,28)25-20-11-9-19(10-12-20)24-22(26)15-6-17-4-7-18(23)8-5-17/h2-15,25H,1H3,(H,24,26). The fourth-order valence-corrected chi connectivity index (χ4v) is 3.81. The second-order valence-electron chi connectivity index (χ2n) is 6.37. The summed E-state index contributed by atoms with van der Waals surface area (Å²) < 4.78 is 28.3. The summed E-state index contributed by atoms with van der Waals surface area (Å²) in [6, 6.07) is 20.7. The van der Waals surface area contributed by atoms with Gasteiger partial charge in [-0.15, -0.1) is 0 Å². The lowest BCUT2D eigenvalue weighted by Gasteiger charge is -2.09. The van der Waals surface area contributed by atoms with Crippen LogP contribution in [0.15, 0.2) is 88.2 Å². The molecule has 1 amide bonds. The molecule has 0 bridgehead atoms. The number of anilines is 2. The minimum Gasteiger partial charge on any atom is -0.323 e. The Kier molecular flexibility index (Phi) is 6.51. The van der Waals surface area contributed by atoms with Crippen molar-refractivity contribution in [1.82, 2.24) is 0 Å². The fourth-order valence-electron chi connectivity index (χ4n) is 2.48. The Labute approximate surface area is 178 Å². The lowest BCUT2D eigenvalue weighted by Crippen LogP contribution is -2.13. The molecule has 29 heavy (non-hydrogen) atoms. The second kappa shape index (κ2) is 9.07. The highest BCUT2D eigenvalue weighted by molar-refractivity contribution is 9.10. The second-order valence-corrected chi connectivity index (χ2v) is 8.97. The summed E-state index contributed by atoms with van der Waals surface area (Å²) >= 11 is 3.36. The van der Waals surface area contributed by atoms with Crippen molar-refractivity contribution in [1.29, 1.82) is 0 Å². The van der Waals surface area contributed by atoms with Crippen LogP contribution in [0.25, 0.3) is 6.08 Å². The molecule has 0 radical (unpaired) electrons. The van der Waals surface area contributed by atoms with Crippen LogP contribution in [0.4, 0.5) is 11.4 Å². The van der Waals surface area contributed by atoms with Crippen molar-refractivity contribution in [3.8, 4) is 0 Å². The van der Waals surface area contributed by atoms with Crippen molar-refractivity contribution in [3.63, 3.8) is 0 Å². The Bertz CT molecular complexity index is 1120. The average molecular weight is 471 g/mol. The lowest BCUT2D eigenvalue weighted by atomic mass is 10.2. The highest BCUT2D eigenvalue weighted by atomic mass is 79.9. The molecule has 0 saturated heterocycles. The molecule has 0 aromatic heterocycles. The van der Waals surface area contributed by atoms with Crippen molar-refractivity contribution < 1.29 is 13.2 Å². The molecule has 3 aromatic carbocycles. The van der Waals surface area contributed by atoms with Gasteiger partial charge in [-0.1, -0.05) is 45.8 Å². The lowest BCUT2D eigenvalue weighted by molar-refractivity contribution is -0.111. The normalized spacial score (nSPS) is 11.4. The van der Waals surface area contributed by atoms with E-state index in [0.29, 0.717) is 11.4 Å². The number of hydrogen-bond donors (Lipinski definition) is 2. The molecule has 0 unspecified atom stereocenters. The number of carbonyl (C=O) groups is 1. The van der Waals surface area contributed by atoms with Crippen molar-refractivity contribution in [2.24, 2.45) is 0 Å². The summed E-state index contributed by atoms with van der Waals surface area (Å²) in [6.45, 7) is 1.89. The van der Waals surface area contributed by atoms with Crippen molar-refractivity contribution in [3.05, 3.63) is 94.5 Å². The summed E-state index contributed by atoms with van der Waals surface area (Å²) in [5, 5.41) is 2.74. The van der Waals surface area contributed by atoms with E-state index < -0.39 is 10.0 Å². The van der Waals surface area contributed by atoms with Crippen LogP contribution in [-0.4, -0.2) is 14.3 Å². The van der Waals surface area contributed by atoms with Crippen LogP contribution in [-0.2, 0) is 14.8 Å². The van der Waals surface area contributed by atoms with Crippen LogP contribution < -0.4 is 10.0 Å². The van der Waals surface area contributed by atoms with Gasteiger partial charge >= 0.3 is 0 Å². The Morgan fingerprint density at radius 3 is 2.07 bits per heavy atom. The number of sulfonamides is 1. The van der Waals surface area contributed by atoms with Crippen molar-refractivity contribution >= 4 is 49.3 Å². The van der Waals surface area contributed by atoms with Gasteiger partial charge in [0.15, 0.2) is 0 Å². The van der Waals surface area contributed by atoms with Gasteiger partial charge in [0.25, 0.3) is 10.0 Å². The van der Waals surface area contributed by atoms with Crippen LogP contribution >= 0.6 is 15.9 Å². The summed E-state index contributed by atoms with van der Waals surface area (Å²) in [5.74, 6) is -0.277. The summed E-state index contributed by atoms with van der Waals surface area (Å²) in [5.41, 5.74) is 2.87. The Balaban J connectivity index is 1.61. The van der Waals surface area contributed by atoms with E-state index in [2.05, 4.69) is 26.0 Å². The third-order valence-electron chi connectivity index (χ3n) is 4.03. The van der Waals surface area contributed by atoms with E-state index in [-0.39, 0.29) is 10.8 Å². The van der Waals surface area contributed by atoms with Crippen LogP contribution in [0.3, 0.4) is 0 Å². The largest absolute Gasteiger partial charge is 0.323 e. The molecule has 0 aliphatic carbocycles. The highest BCUT2D eigenvalue weighted by Gasteiger charge is 2.13. The minimum absolute atomic E-state index is 0.193. The number of rotatable bonds is 6. The molecule has 0 atom stereocenters. The average Bonchev–Trinajstić information content (AvgIpc) is 2.69. The first-order chi connectivity index (χ1) is 13.8. The van der Waals surface area contributed by atoms with Crippen molar-refractivity contribution in [2.45, 2.75) is 11.8 Å². The quantitative estimate of drug-likeness (QED) is 0.485. The van der Waals surface area contributed by atoms with E-state index in [1.807, 2.05) is 31.2 Å². The molecule has 0 aliphatic heterocycles. The van der Waals surface area contributed by atoms with E-state index in [0.717, 1.165) is 15.6 Å². The highest BCUT2D eigenvalue weighted by Crippen LogP contribution is 2.19. The molecule has 0 heterocycles. The molecular weight excluding hydrogens is 452 g/mol. The van der Waals surface area contributed by atoms with E-state index in [1.165, 1.54) is 6.08 Å². The molecule has 0 fully saturated rings. The molecule has 3 aromatic rings. The molecule has 2 N–H and O–H groups in total. The van der Waals surface area contributed by atoms with Crippen LogP contribution in [0.2, 0.25) is 0 Å². The first-order valence-corrected chi connectivity index (χ1v) is 11.0. The summed E-state index contributed by atoms with van der Waals surface area (Å²) in [4.78, 5) is 12.3. The monoisotopic (exact) mass is 470 g/mol. The molecule has 3 rings (SSSR count). The van der Waals surface area contributed by atoms with Crippen LogP contribution in [0, 0.1) is 6.92 Å². The summed E-state index contributed by atoms with van der Waals surface area (Å²) in [7, 11) is -3.66. The molecular formula is C22H19BrN2O3S. The maximum Gasteiger partial charge on any atom is 0.261 e. The number of carbonyl (C=O) groups excluding carboxylic acids is 1. The molecule has 148 valence electrons. The van der Waals surface area contributed by atoms with Gasteiger partial charge in [-0.3, -0.25) is 9.52 Å². The number of amides is 1. The summed E-state index contributed by atoms with van der Waals surface area (Å²) in [6.07, 6.45) is 3.16. The van der Waals surface area contributed by atoms with Gasteiger partial charge in [-0.05, 0) is 67.1 Å². The Morgan fingerprint density at radius 2 is 1.45 bits per heavy atom. The zero-order chi connectivity index (χ0) is 20.9. The first-order valence-electron chi connectivity index (χ1n) is 8.76. The Morgan fingerprint density at radius 1 is 0.862 bits per heavy atom. The number of aryl methyl sites for hydroxylation is 1. The third kappa shape index (κ3) is 6.04. The molecule has 5 nitrogen and oxygen atoms in total. The molecule has 0 spiro atoms. The Hall–Kier alpha value is -2.90. The molecule has 0 saturated carbocycles. The van der Waals surface area contributed by atoms with Gasteiger partial charge in [0.2, 0.25) is 5.91 Å². The number of nitrogens with one attached hydrogen (secondary N) is 2. The van der Waals surface area contributed by atoms with Gasteiger partial charge in [0.05, 0.1) is 4.90 Å². The SMILES string of the molecule is Cc1ccc(S(=O)(=O)Nc2ccc(NC(=O)C=Cc3ccc(Br)cc3)cc2)cc1. The molecule has 0 aliphatic rings. The van der Waals surface area contributed by atoms with Gasteiger partial charge in [-0.2, -0.15) is 0 Å². The topological polar surface area (TPSA) is 75.3 Å². The number of halogens is 1. The van der Waals surface area contributed by atoms with Crippen LogP contribution in [0.1, 0.15) is 11.1 Å². The van der Waals surface area contributed by atoms with E-state index in [1.54, 1.807) is 54.6 Å². The van der Waals surface area contributed by atoms with Gasteiger partial charge in [0, 0.05) is 21.9 Å². The smallest absolute Gasteiger partial charge is 0.261 e.